The molecule has 1 heterocycles. The van der Waals surface area contributed by atoms with Gasteiger partial charge in [0.25, 0.3) is 10.1 Å². The zero-order valence-corrected chi connectivity index (χ0v) is 7.99. The lowest BCUT2D eigenvalue weighted by Gasteiger charge is -2.14. The van der Waals surface area contributed by atoms with Crippen LogP contribution in [-0.4, -0.2) is 14.0 Å². The van der Waals surface area contributed by atoms with Gasteiger partial charge in [-0.3, -0.25) is 4.18 Å². The van der Waals surface area contributed by atoms with Crippen molar-refractivity contribution in [3.63, 3.8) is 0 Å². The molecule has 0 unspecified atom stereocenters. The first-order chi connectivity index (χ1) is 4.33. The van der Waals surface area contributed by atoms with Crippen LogP contribution in [0.3, 0.4) is 0 Å². The van der Waals surface area contributed by atoms with Crippen LogP contribution in [0, 0.1) is 0 Å². The normalized spacial score (nSPS) is 28.1. The molecule has 0 fully saturated rings. The summed E-state index contributed by atoms with van der Waals surface area (Å²) < 4.78 is 26.7. The van der Waals surface area contributed by atoms with E-state index < -0.39 is 15.7 Å². The van der Waals surface area contributed by atoms with E-state index in [0.717, 1.165) is 5.41 Å². The molecule has 0 N–H and O–H groups in total. The zero-order valence-electron chi connectivity index (χ0n) is 5.59. The Morgan fingerprint density at radius 1 is 1.60 bits per heavy atom. The number of hydrogen-bond donors (Lipinski definition) is 0. The largest absolute Gasteiger partial charge is 0.291 e. The number of halogens is 1. The molecular formula is C5H7BrO3S. The van der Waals surface area contributed by atoms with Crippen molar-refractivity contribution in [2.24, 2.45) is 0 Å². The second-order valence-electron chi connectivity index (χ2n) is 2.55. The van der Waals surface area contributed by atoms with E-state index in [0.29, 0.717) is 4.48 Å². The van der Waals surface area contributed by atoms with Crippen LogP contribution in [0.5, 0.6) is 0 Å². The first kappa shape index (κ1) is 8.23. The molecule has 0 radical (unpaired) electrons. The Hall–Kier alpha value is 0.130. The minimum Gasteiger partial charge on any atom is -0.255 e. The van der Waals surface area contributed by atoms with Crippen molar-refractivity contribution in [1.82, 2.24) is 0 Å². The molecule has 0 atom stereocenters. The molecule has 58 valence electrons. The Balaban J connectivity index is 3.12. The van der Waals surface area contributed by atoms with Gasteiger partial charge in [-0.1, -0.05) is 15.9 Å². The minimum atomic E-state index is -3.41. The summed E-state index contributed by atoms with van der Waals surface area (Å²) in [5, 5.41) is 1.08. The van der Waals surface area contributed by atoms with Crippen molar-refractivity contribution < 1.29 is 12.6 Å². The Kier molecular flexibility index (Phi) is 1.69. The van der Waals surface area contributed by atoms with Crippen molar-refractivity contribution in [2.45, 2.75) is 19.4 Å². The molecule has 0 aromatic heterocycles. The zero-order chi connectivity index (χ0) is 7.99. The van der Waals surface area contributed by atoms with Crippen LogP contribution in [0.1, 0.15) is 13.8 Å². The summed E-state index contributed by atoms with van der Waals surface area (Å²) in [5.74, 6) is 0. The lowest BCUT2D eigenvalue weighted by Crippen LogP contribution is -2.20. The standard InChI is InChI=1S/C5H7BrO3S/c1-5(2)4(6)3-10(7,8)9-5/h3H,1-2H3. The lowest BCUT2D eigenvalue weighted by atomic mass is 10.1. The van der Waals surface area contributed by atoms with Gasteiger partial charge in [0, 0.05) is 4.48 Å². The average Bonchev–Trinajstić information content (AvgIpc) is 1.73. The molecule has 10 heavy (non-hydrogen) atoms. The van der Waals surface area contributed by atoms with Crippen LogP contribution in [0.2, 0.25) is 0 Å². The molecule has 1 aliphatic heterocycles. The van der Waals surface area contributed by atoms with E-state index in [1.165, 1.54) is 0 Å². The van der Waals surface area contributed by atoms with Crippen LogP contribution < -0.4 is 0 Å². The second-order valence-corrected chi connectivity index (χ2v) is 4.79. The molecule has 0 saturated heterocycles. The molecule has 0 saturated carbocycles. The smallest absolute Gasteiger partial charge is 0.255 e. The molecule has 0 aliphatic carbocycles. The average molecular weight is 227 g/mol. The van der Waals surface area contributed by atoms with E-state index in [2.05, 4.69) is 20.1 Å². The van der Waals surface area contributed by atoms with Gasteiger partial charge >= 0.3 is 0 Å². The molecule has 0 bridgehead atoms. The van der Waals surface area contributed by atoms with Crippen molar-refractivity contribution in [2.75, 3.05) is 0 Å². The molecule has 1 aliphatic rings. The van der Waals surface area contributed by atoms with Gasteiger partial charge in [-0.2, -0.15) is 8.42 Å². The van der Waals surface area contributed by atoms with Gasteiger partial charge in [-0.15, -0.1) is 0 Å². The first-order valence-electron chi connectivity index (χ1n) is 2.67. The van der Waals surface area contributed by atoms with Crippen LogP contribution in [0.4, 0.5) is 0 Å². The van der Waals surface area contributed by atoms with Gasteiger partial charge in [-0.05, 0) is 13.8 Å². The Morgan fingerprint density at radius 3 is 2.20 bits per heavy atom. The summed E-state index contributed by atoms with van der Waals surface area (Å²) in [6.07, 6.45) is 0. The third kappa shape index (κ3) is 1.41. The molecular weight excluding hydrogens is 220 g/mol. The molecule has 5 heteroatoms. The van der Waals surface area contributed by atoms with Crippen LogP contribution >= 0.6 is 15.9 Å². The quantitative estimate of drug-likeness (QED) is 0.587. The van der Waals surface area contributed by atoms with Gasteiger partial charge in [0.1, 0.15) is 5.60 Å². The number of hydrogen-bond acceptors (Lipinski definition) is 3. The maximum atomic E-state index is 10.7. The van der Waals surface area contributed by atoms with Gasteiger partial charge < -0.3 is 0 Å². The fourth-order valence-corrected chi connectivity index (χ4v) is 2.75. The van der Waals surface area contributed by atoms with Crippen molar-refractivity contribution in [3.8, 4) is 0 Å². The van der Waals surface area contributed by atoms with E-state index in [-0.39, 0.29) is 0 Å². The summed E-state index contributed by atoms with van der Waals surface area (Å²) in [7, 11) is -3.41. The van der Waals surface area contributed by atoms with Crippen LogP contribution in [-0.2, 0) is 14.3 Å². The maximum Gasteiger partial charge on any atom is 0.291 e. The highest BCUT2D eigenvalue weighted by atomic mass is 79.9. The van der Waals surface area contributed by atoms with Crippen molar-refractivity contribution >= 4 is 26.0 Å². The third-order valence-electron chi connectivity index (χ3n) is 1.15. The topological polar surface area (TPSA) is 43.4 Å². The second kappa shape index (κ2) is 2.06. The van der Waals surface area contributed by atoms with Gasteiger partial charge in [0.2, 0.25) is 0 Å². The highest BCUT2D eigenvalue weighted by molar-refractivity contribution is 9.11. The predicted octanol–water partition coefficient (Wildman–Crippen LogP) is 1.36. The molecule has 0 amide bonds. The molecule has 0 spiro atoms. The van der Waals surface area contributed by atoms with E-state index in [1.54, 1.807) is 13.8 Å². The highest BCUT2D eigenvalue weighted by Crippen LogP contribution is 2.34. The molecule has 1 rings (SSSR count). The molecule has 0 aromatic carbocycles. The maximum absolute atomic E-state index is 10.7. The van der Waals surface area contributed by atoms with Crippen molar-refractivity contribution in [3.05, 3.63) is 9.89 Å². The predicted molar refractivity (Wildman–Crippen MR) is 41.1 cm³/mol. The monoisotopic (exact) mass is 226 g/mol. The van der Waals surface area contributed by atoms with Crippen LogP contribution in [0.25, 0.3) is 0 Å². The fourth-order valence-electron chi connectivity index (χ4n) is 0.623. The van der Waals surface area contributed by atoms with Gasteiger partial charge in [0.15, 0.2) is 0 Å². The number of rotatable bonds is 0. The Bertz CT molecular complexity index is 275. The lowest BCUT2D eigenvalue weighted by molar-refractivity contribution is 0.181. The van der Waals surface area contributed by atoms with E-state index in [4.69, 9.17) is 0 Å². The Morgan fingerprint density at radius 2 is 2.10 bits per heavy atom. The summed E-state index contributed by atoms with van der Waals surface area (Å²) in [4.78, 5) is 0. The molecule has 3 nitrogen and oxygen atoms in total. The Labute approximate surface area is 68.3 Å². The van der Waals surface area contributed by atoms with Crippen LogP contribution in [0.15, 0.2) is 9.89 Å². The van der Waals surface area contributed by atoms with Gasteiger partial charge in [0.05, 0.1) is 5.41 Å². The summed E-state index contributed by atoms with van der Waals surface area (Å²) in [6.45, 7) is 3.36. The van der Waals surface area contributed by atoms with Crippen molar-refractivity contribution in [1.29, 1.82) is 0 Å². The summed E-state index contributed by atoms with van der Waals surface area (Å²) >= 11 is 3.09. The van der Waals surface area contributed by atoms with E-state index in [9.17, 15) is 8.42 Å². The highest BCUT2D eigenvalue weighted by Gasteiger charge is 2.35. The SMILES string of the molecule is CC1(C)OS(=O)(=O)C=C1Br. The fraction of sp³-hybridized carbons (Fsp3) is 0.600. The summed E-state index contributed by atoms with van der Waals surface area (Å²) in [6, 6.07) is 0. The van der Waals surface area contributed by atoms with E-state index >= 15 is 0 Å². The van der Waals surface area contributed by atoms with Gasteiger partial charge in [-0.25, -0.2) is 0 Å². The third-order valence-corrected chi connectivity index (χ3v) is 3.81. The summed E-state index contributed by atoms with van der Waals surface area (Å²) in [5.41, 5.74) is -0.723. The minimum absolute atomic E-state index is 0.556. The first-order valence-corrected chi connectivity index (χ1v) is 4.93. The van der Waals surface area contributed by atoms with E-state index in [1.807, 2.05) is 0 Å². The molecule has 0 aromatic rings.